The van der Waals surface area contributed by atoms with Gasteiger partial charge < -0.3 is 19.3 Å². The van der Waals surface area contributed by atoms with E-state index in [1.54, 1.807) is 38.1 Å². The number of ether oxygens (including phenoxy) is 2. The van der Waals surface area contributed by atoms with Crippen LogP contribution in [0, 0.1) is 11.8 Å². The minimum Gasteiger partial charge on any atom is -0.497 e. The monoisotopic (exact) mass is 587 g/mol. The van der Waals surface area contributed by atoms with Gasteiger partial charge in [0.25, 0.3) is 0 Å². The van der Waals surface area contributed by atoms with Gasteiger partial charge in [0.1, 0.15) is 11.4 Å². The van der Waals surface area contributed by atoms with Gasteiger partial charge in [-0.25, -0.2) is 8.42 Å². The minimum atomic E-state index is -3.67. The summed E-state index contributed by atoms with van der Waals surface area (Å²) in [5, 5.41) is 0. The van der Waals surface area contributed by atoms with Gasteiger partial charge in [0.15, 0.2) is 5.78 Å². The molecule has 10 heteroatoms. The van der Waals surface area contributed by atoms with Crippen molar-refractivity contribution in [2.45, 2.75) is 51.9 Å². The number of benzene rings is 1. The van der Waals surface area contributed by atoms with E-state index in [4.69, 9.17) is 9.47 Å². The summed E-state index contributed by atoms with van der Waals surface area (Å²) < 4.78 is 38.6. The molecule has 1 aromatic rings. The largest absolute Gasteiger partial charge is 0.497 e. The van der Waals surface area contributed by atoms with Crippen LogP contribution in [0.3, 0.4) is 0 Å². The molecule has 9 nitrogen and oxygen atoms in total. The van der Waals surface area contributed by atoms with Gasteiger partial charge in [0.2, 0.25) is 10.0 Å². The summed E-state index contributed by atoms with van der Waals surface area (Å²) in [6.45, 7) is 14.3. The number of piperazine rings is 1. The van der Waals surface area contributed by atoms with Crippen LogP contribution in [-0.4, -0.2) is 87.3 Å². The number of methoxy groups -OCH3 is 1. The third-order valence-electron chi connectivity index (χ3n) is 7.82. The fourth-order valence-corrected chi connectivity index (χ4v) is 6.61. The number of ketones is 1. The van der Waals surface area contributed by atoms with E-state index in [9.17, 15) is 18.0 Å². The average molecular weight is 588 g/mol. The maximum absolute atomic E-state index is 13.3. The van der Waals surface area contributed by atoms with Crippen molar-refractivity contribution in [2.24, 2.45) is 11.8 Å². The molecule has 2 saturated heterocycles. The normalized spacial score (nSPS) is 20.0. The summed E-state index contributed by atoms with van der Waals surface area (Å²) in [4.78, 5) is 30.1. The fraction of sp³-hybridized carbons (Fsp3) is 0.548. The molecule has 2 unspecified atom stereocenters. The Kier molecular flexibility index (Phi) is 11.6. The van der Waals surface area contributed by atoms with Crippen molar-refractivity contribution >= 4 is 21.8 Å². The Morgan fingerprint density at radius 1 is 1.07 bits per heavy atom. The maximum atomic E-state index is 13.3. The summed E-state index contributed by atoms with van der Waals surface area (Å²) in [5.74, 6) is 0.261. The predicted molar refractivity (Wildman–Crippen MR) is 160 cm³/mol. The molecule has 0 saturated carbocycles. The van der Waals surface area contributed by atoms with Crippen LogP contribution in [0.1, 0.15) is 47.0 Å². The molecular weight excluding hydrogens is 542 g/mol. The second kappa shape index (κ2) is 14.7. The molecule has 0 amide bonds. The first-order chi connectivity index (χ1) is 19.5. The predicted octanol–water partition coefficient (Wildman–Crippen LogP) is 4.24. The Hall–Kier alpha value is -3.11. The molecule has 0 aromatic heterocycles. The quantitative estimate of drug-likeness (QED) is 0.155. The third-order valence-corrected chi connectivity index (χ3v) is 9.73. The zero-order chi connectivity index (χ0) is 30.2. The van der Waals surface area contributed by atoms with Gasteiger partial charge in [-0.2, -0.15) is 4.31 Å². The molecule has 0 bridgehead atoms. The molecule has 0 spiro atoms. The molecule has 3 rings (SSSR count). The zero-order valence-corrected chi connectivity index (χ0v) is 25.9. The number of hydrogen-bond donors (Lipinski definition) is 0. The SMILES string of the molecule is C=C(C)C(C)C/C=C/C(=C(\C(C)=O)N1CCCC(C(=O)OCC)C1)N1CCN(S(=O)(=O)c2ccc(OC)cc2)CC1. The van der Waals surface area contributed by atoms with Gasteiger partial charge in [-0.1, -0.05) is 25.2 Å². The molecule has 0 radical (unpaired) electrons. The van der Waals surface area contributed by atoms with Gasteiger partial charge in [-0.15, -0.1) is 0 Å². The highest BCUT2D eigenvalue weighted by atomic mass is 32.2. The van der Waals surface area contributed by atoms with Crippen LogP contribution in [-0.2, 0) is 24.3 Å². The minimum absolute atomic E-state index is 0.0876. The lowest BCUT2D eigenvalue weighted by Gasteiger charge is -2.40. The summed E-state index contributed by atoms with van der Waals surface area (Å²) in [6, 6.07) is 6.40. The summed E-state index contributed by atoms with van der Waals surface area (Å²) in [5.41, 5.74) is 2.40. The molecule has 41 heavy (non-hydrogen) atoms. The van der Waals surface area contributed by atoms with E-state index in [0.29, 0.717) is 44.2 Å². The highest BCUT2D eigenvalue weighted by molar-refractivity contribution is 7.89. The van der Waals surface area contributed by atoms with Crippen molar-refractivity contribution in [3.05, 3.63) is 60.0 Å². The van der Waals surface area contributed by atoms with Crippen molar-refractivity contribution < 1.29 is 27.5 Å². The summed E-state index contributed by atoms with van der Waals surface area (Å²) in [7, 11) is -2.14. The lowest BCUT2D eigenvalue weighted by molar-refractivity contribution is -0.149. The van der Waals surface area contributed by atoms with Crippen LogP contribution in [0.2, 0.25) is 0 Å². The smallest absolute Gasteiger partial charge is 0.310 e. The van der Waals surface area contributed by atoms with Crippen LogP contribution < -0.4 is 4.74 Å². The molecule has 2 heterocycles. The van der Waals surface area contributed by atoms with Crippen molar-refractivity contribution in [3.8, 4) is 5.75 Å². The maximum Gasteiger partial charge on any atom is 0.310 e. The average Bonchev–Trinajstić information content (AvgIpc) is 2.96. The lowest BCUT2D eigenvalue weighted by atomic mass is 9.96. The van der Waals surface area contributed by atoms with Crippen LogP contribution in [0.4, 0.5) is 0 Å². The second-order valence-electron chi connectivity index (χ2n) is 10.8. The van der Waals surface area contributed by atoms with Crippen molar-refractivity contribution in [1.29, 1.82) is 0 Å². The Labute approximate surface area is 245 Å². The number of Topliss-reactive ketones (excluding diaryl/α,β-unsaturated/α-hetero) is 1. The lowest BCUT2D eigenvalue weighted by Crippen LogP contribution is -2.49. The molecule has 1 aromatic carbocycles. The molecule has 226 valence electrons. The van der Waals surface area contributed by atoms with E-state index in [-0.39, 0.29) is 41.6 Å². The van der Waals surface area contributed by atoms with Crippen molar-refractivity contribution in [1.82, 2.24) is 14.1 Å². The first-order valence-electron chi connectivity index (χ1n) is 14.4. The summed E-state index contributed by atoms with van der Waals surface area (Å²) >= 11 is 0. The number of hydrogen-bond acceptors (Lipinski definition) is 8. The number of piperidine rings is 1. The number of sulfonamides is 1. The number of carbonyl (C=O) groups excluding carboxylic acids is 2. The molecule has 0 N–H and O–H groups in total. The molecular formula is C31H45N3O6S. The van der Waals surface area contributed by atoms with Crippen LogP contribution in [0.15, 0.2) is 64.9 Å². The standard InChI is InChI=1S/C31H45N3O6S/c1-7-40-31(36)26-11-9-17-33(22-26)30(25(5)35)29(12-8-10-24(4)23(2)3)32-18-20-34(21-19-32)41(37,38)28-15-13-27(39-6)14-16-28/h8,12-16,24,26H,2,7,9-11,17-22H2,1,3-6H3/b12-8+,30-29-. The van der Waals surface area contributed by atoms with Crippen molar-refractivity contribution in [2.75, 3.05) is 53.0 Å². The number of likely N-dealkylation sites (tertiary alicyclic amines) is 1. The highest BCUT2D eigenvalue weighted by Gasteiger charge is 2.33. The van der Waals surface area contributed by atoms with E-state index in [0.717, 1.165) is 30.5 Å². The summed E-state index contributed by atoms with van der Waals surface area (Å²) in [6.07, 6.45) is 6.31. The second-order valence-corrected chi connectivity index (χ2v) is 12.7. The van der Waals surface area contributed by atoms with Crippen LogP contribution >= 0.6 is 0 Å². The Bertz CT molecular complexity index is 1250. The third kappa shape index (κ3) is 8.23. The molecule has 2 fully saturated rings. The molecule has 2 atom stereocenters. The van der Waals surface area contributed by atoms with Gasteiger partial charge >= 0.3 is 5.97 Å². The van der Waals surface area contributed by atoms with Crippen molar-refractivity contribution in [3.63, 3.8) is 0 Å². The number of rotatable bonds is 12. The van der Waals surface area contributed by atoms with E-state index >= 15 is 0 Å². The number of esters is 1. The van der Waals surface area contributed by atoms with Crippen LogP contribution in [0.5, 0.6) is 5.75 Å². The van der Waals surface area contributed by atoms with Gasteiger partial charge in [-0.05, 0) is 69.4 Å². The van der Waals surface area contributed by atoms with E-state index in [1.165, 1.54) is 11.4 Å². The van der Waals surface area contributed by atoms with E-state index < -0.39 is 10.0 Å². The first kappa shape index (κ1) is 32.4. The highest BCUT2D eigenvalue weighted by Crippen LogP contribution is 2.28. The van der Waals surface area contributed by atoms with Gasteiger partial charge in [0, 0.05) is 46.2 Å². The molecule has 0 aliphatic carbocycles. The Balaban J connectivity index is 1.90. The zero-order valence-electron chi connectivity index (χ0n) is 25.1. The molecule has 2 aliphatic heterocycles. The number of carbonyl (C=O) groups is 2. The van der Waals surface area contributed by atoms with Gasteiger partial charge in [-0.3, -0.25) is 9.59 Å². The molecule has 2 aliphatic rings. The Morgan fingerprint density at radius 2 is 1.73 bits per heavy atom. The topological polar surface area (TPSA) is 96.5 Å². The van der Waals surface area contributed by atoms with E-state index in [2.05, 4.69) is 24.5 Å². The number of allylic oxidation sites excluding steroid dienone is 4. The number of nitrogens with zero attached hydrogens (tertiary/aromatic N) is 3. The fourth-order valence-electron chi connectivity index (χ4n) is 5.18. The first-order valence-corrected chi connectivity index (χ1v) is 15.8. The Morgan fingerprint density at radius 3 is 2.29 bits per heavy atom. The van der Waals surface area contributed by atoms with Gasteiger partial charge in [0.05, 0.1) is 30.2 Å². The van der Waals surface area contributed by atoms with E-state index in [1.807, 2.05) is 17.9 Å². The van der Waals surface area contributed by atoms with Crippen LogP contribution in [0.25, 0.3) is 0 Å².